The third-order valence-corrected chi connectivity index (χ3v) is 5.63. The molecule has 0 saturated heterocycles. The van der Waals surface area contributed by atoms with Gasteiger partial charge in [-0.1, -0.05) is 24.8 Å². The van der Waals surface area contributed by atoms with E-state index in [0.29, 0.717) is 49.5 Å². The summed E-state index contributed by atoms with van der Waals surface area (Å²) in [6, 6.07) is 14.6. The van der Waals surface area contributed by atoms with Crippen LogP contribution in [0.15, 0.2) is 81.3 Å². The summed E-state index contributed by atoms with van der Waals surface area (Å²) in [4.78, 5) is 12.5. The summed E-state index contributed by atoms with van der Waals surface area (Å²) in [5, 5.41) is 4.03. The van der Waals surface area contributed by atoms with E-state index in [4.69, 9.17) is 14.2 Å². The summed E-state index contributed by atoms with van der Waals surface area (Å²) in [6.45, 7) is 4.14. The number of amides is 1. The average molecular weight is 592 g/mol. The molecule has 0 saturated carbocycles. The number of rotatable bonds is 10. The lowest BCUT2D eigenvalue weighted by molar-refractivity contribution is 0.0954. The molecule has 0 aromatic heterocycles. The van der Waals surface area contributed by atoms with Gasteiger partial charge in [-0.15, -0.1) is 0 Å². The maximum atomic E-state index is 13.4. The van der Waals surface area contributed by atoms with Gasteiger partial charge in [-0.2, -0.15) is 5.10 Å². The number of carbonyl (C=O) groups is 1. The zero-order chi connectivity index (χ0) is 24.5. The largest absolute Gasteiger partial charge is 0.493 e. The number of methoxy groups -OCH3 is 1. The maximum absolute atomic E-state index is 13.4. The highest BCUT2D eigenvalue weighted by Crippen LogP contribution is 2.35. The molecule has 6 nitrogen and oxygen atoms in total. The number of ether oxygens (including phenoxy) is 3. The minimum Gasteiger partial charge on any atom is -0.493 e. The van der Waals surface area contributed by atoms with Crippen molar-refractivity contribution in [2.24, 2.45) is 5.10 Å². The predicted octanol–water partition coefficient (Wildman–Crippen LogP) is 6.27. The molecule has 0 spiro atoms. The van der Waals surface area contributed by atoms with Gasteiger partial charge in [-0.05, 0) is 85.5 Å². The van der Waals surface area contributed by atoms with Gasteiger partial charge in [0.1, 0.15) is 24.8 Å². The van der Waals surface area contributed by atoms with Gasteiger partial charge in [-0.25, -0.2) is 9.82 Å². The van der Waals surface area contributed by atoms with Crippen LogP contribution in [0.1, 0.15) is 21.5 Å². The number of halogens is 3. The summed E-state index contributed by atoms with van der Waals surface area (Å²) < 4.78 is 31.3. The molecule has 0 aliphatic heterocycles. The van der Waals surface area contributed by atoms with Crippen molar-refractivity contribution in [3.05, 3.63) is 98.7 Å². The van der Waals surface area contributed by atoms with Crippen molar-refractivity contribution in [3.8, 4) is 17.2 Å². The number of hydrogen-bond acceptors (Lipinski definition) is 5. The van der Waals surface area contributed by atoms with Gasteiger partial charge in [0, 0.05) is 5.56 Å². The molecule has 1 N–H and O–H groups in total. The minimum absolute atomic E-state index is 0.208. The average Bonchev–Trinajstić information content (AvgIpc) is 2.82. The smallest absolute Gasteiger partial charge is 0.271 e. The van der Waals surface area contributed by atoms with Crippen molar-refractivity contribution < 1.29 is 23.4 Å². The molecule has 0 atom stereocenters. The van der Waals surface area contributed by atoms with Gasteiger partial charge >= 0.3 is 0 Å². The molecule has 0 aliphatic rings. The number of hydrazone groups is 1. The molecule has 1 amide bonds. The van der Waals surface area contributed by atoms with Gasteiger partial charge in [0.25, 0.3) is 5.91 Å². The van der Waals surface area contributed by atoms with E-state index in [1.807, 2.05) is 0 Å². The molecule has 176 valence electrons. The Bertz CT molecular complexity index is 1190. The number of nitrogens with zero attached hydrogens (tertiary/aromatic N) is 1. The first-order chi connectivity index (χ1) is 16.4. The van der Waals surface area contributed by atoms with Crippen molar-refractivity contribution in [2.75, 3.05) is 13.7 Å². The molecule has 0 heterocycles. The first-order valence-electron chi connectivity index (χ1n) is 10.0. The van der Waals surface area contributed by atoms with E-state index in [1.165, 1.54) is 25.5 Å². The van der Waals surface area contributed by atoms with Crippen LogP contribution >= 0.6 is 31.9 Å². The predicted molar refractivity (Wildman–Crippen MR) is 136 cm³/mol. The molecular formula is C25H21Br2FN2O4. The second kappa shape index (κ2) is 12.3. The van der Waals surface area contributed by atoms with E-state index in [2.05, 4.69) is 49.0 Å². The normalized spacial score (nSPS) is 10.7. The van der Waals surface area contributed by atoms with E-state index in [-0.39, 0.29) is 12.4 Å². The lowest BCUT2D eigenvalue weighted by Gasteiger charge is -2.11. The molecule has 0 bridgehead atoms. The molecule has 3 aromatic rings. The monoisotopic (exact) mass is 590 g/mol. The van der Waals surface area contributed by atoms with E-state index in [0.717, 1.165) is 0 Å². The summed E-state index contributed by atoms with van der Waals surface area (Å²) in [5.74, 6) is 0.787. The lowest BCUT2D eigenvalue weighted by Crippen LogP contribution is -2.17. The van der Waals surface area contributed by atoms with Gasteiger partial charge in [0.15, 0.2) is 11.5 Å². The van der Waals surface area contributed by atoms with Crippen molar-refractivity contribution >= 4 is 44.0 Å². The summed E-state index contributed by atoms with van der Waals surface area (Å²) >= 11 is 6.95. The van der Waals surface area contributed by atoms with Gasteiger partial charge in [-0.3, -0.25) is 4.79 Å². The fraction of sp³-hybridized carbons (Fsp3) is 0.120. The molecule has 3 aromatic carbocycles. The number of benzene rings is 3. The summed E-state index contributed by atoms with van der Waals surface area (Å²) in [5.41, 5.74) is 4.27. The fourth-order valence-corrected chi connectivity index (χ4v) is 4.33. The van der Waals surface area contributed by atoms with Crippen molar-refractivity contribution in [1.82, 2.24) is 5.43 Å². The van der Waals surface area contributed by atoms with Crippen LogP contribution in [0.5, 0.6) is 17.2 Å². The van der Waals surface area contributed by atoms with Crippen LogP contribution in [-0.2, 0) is 6.61 Å². The van der Waals surface area contributed by atoms with Gasteiger partial charge in [0.05, 0.1) is 22.3 Å². The quantitative estimate of drug-likeness (QED) is 0.171. The highest BCUT2D eigenvalue weighted by atomic mass is 79.9. The van der Waals surface area contributed by atoms with Crippen LogP contribution in [0.2, 0.25) is 0 Å². The van der Waals surface area contributed by atoms with E-state index in [9.17, 15) is 9.18 Å². The molecule has 0 aliphatic carbocycles. The minimum atomic E-state index is -0.405. The summed E-state index contributed by atoms with van der Waals surface area (Å²) in [7, 11) is 1.50. The van der Waals surface area contributed by atoms with Gasteiger partial charge in [0.2, 0.25) is 0 Å². The van der Waals surface area contributed by atoms with E-state index in [1.54, 1.807) is 48.5 Å². The topological polar surface area (TPSA) is 69.2 Å². The van der Waals surface area contributed by atoms with Crippen LogP contribution in [0.25, 0.3) is 0 Å². The second-order valence-corrected chi connectivity index (χ2v) is 8.61. The molecule has 0 fully saturated rings. The molecule has 0 radical (unpaired) electrons. The van der Waals surface area contributed by atoms with E-state index < -0.39 is 5.91 Å². The zero-order valence-electron chi connectivity index (χ0n) is 18.2. The van der Waals surface area contributed by atoms with Crippen LogP contribution in [-0.4, -0.2) is 25.8 Å². The Morgan fingerprint density at radius 1 is 1.09 bits per heavy atom. The summed E-state index contributed by atoms with van der Waals surface area (Å²) in [6.07, 6.45) is 3.12. The van der Waals surface area contributed by atoms with Crippen LogP contribution in [0.4, 0.5) is 4.39 Å². The van der Waals surface area contributed by atoms with Crippen LogP contribution in [0.3, 0.4) is 0 Å². The third kappa shape index (κ3) is 6.91. The third-order valence-electron chi connectivity index (χ3n) is 4.46. The molecule has 9 heteroatoms. The zero-order valence-corrected chi connectivity index (χ0v) is 21.4. The standard InChI is InChI=1S/C25H21Br2FN2O4/c1-3-9-33-22-8-7-18(13-23(22)32-2)25(31)30-29-14-17-11-20(26)24(21(27)12-17)34-15-16-5-4-6-19(28)10-16/h3-8,10-14H,1,9,15H2,2H3,(H,30,31)/b29-14+. The maximum Gasteiger partial charge on any atom is 0.271 e. The molecule has 3 rings (SSSR count). The van der Waals surface area contributed by atoms with Crippen molar-refractivity contribution in [2.45, 2.75) is 6.61 Å². The van der Waals surface area contributed by atoms with E-state index >= 15 is 0 Å². The Morgan fingerprint density at radius 3 is 2.53 bits per heavy atom. The van der Waals surface area contributed by atoms with Crippen molar-refractivity contribution in [3.63, 3.8) is 0 Å². The van der Waals surface area contributed by atoms with Crippen LogP contribution in [0, 0.1) is 5.82 Å². The number of carbonyl (C=O) groups excluding carboxylic acids is 1. The first-order valence-corrected chi connectivity index (χ1v) is 11.6. The van der Waals surface area contributed by atoms with Gasteiger partial charge < -0.3 is 14.2 Å². The SMILES string of the molecule is C=CCOc1ccc(C(=O)N/N=C/c2cc(Br)c(OCc3cccc(F)c3)c(Br)c2)cc1OC. The Balaban J connectivity index is 1.64. The number of nitrogens with one attached hydrogen (secondary N) is 1. The highest BCUT2D eigenvalue weighted by Gasteiger charge is 2.12. The lowest BCUT2D eigenvalue weighted by atomic mass is 10.2. The highest BCUT2D eigenvalue weighted by molar-refractivity contribution is 9.11. The Hall–Kier alpha value is -3.17. The first kappa shape index (κ1) is 25.5. The molecule has 0 unspecified atom stereocenters. The van der Waals surface area contributed by atoms with Crippen LogP contribution < -0.4 is 19.6 Å². The molecular weight excluding hydrogens is 571 g/mol. The Morgan fingerprint density at radius 2 is 1.85 bits per heavy atom. The second-order valence-electron chi connectivity index (χ2n) is 6.90. The Kier molecular flexibility index (Phi) is 9.24. The molecule has 34 heavy (non-hydrogen) atoms. The Labute approximate surface area is 213 Å². The van der Waals surface area contributed by atoms with Crippen molar-refractivity contribution in [1.29, 1.82) is 0 Å². The number of hydrogen-bond donors (Lipinski definition) is 1. The fourth-order valence-electron chi connectivity index (χ4n) is 2.88.